The number of nitrogens with one attached hydrogen (secondary N) is 1. The number of hydrogen-bond acceptors (Lipinski definition) is 2. The molecule has 2 aromatic rings. The Morgan fingerprint density at radius 3 is 2.53 bits per heavy atom. The SMILES string of the molecule is CCCNC(Cc1ccc(Cl)s1)c1ccc(Br)cc1. The van der Waals surface area contributed by atoms with Gasteiger partial charge in [0.05, 0.1) is 4.34 Å². The zero-order valence-corrected chi connectivity index (χ0v) is 14.0. The summed E-state index contributed by atoms with van der Waals surface area (Å²) >= 11 is 11.2. The van der Waals surface area contributed by atoms with Crippen molar-refractivity contribution in [2.45, 2.75) is 25.8 Å². The van der Waals surface area contributed by atoms with Crippen LogP contribution in [0.4, 0.5) is 0 Å². The van der Waals surface area contributed by atoms with Gasteiger partial charge in [-0.3, -0.25) is 0 Å². The molecule has 0 saturated carbocycles. The number of hydrogen-bond donors (Lipinski definition) is 1. The summed E-state index contributed by atoms with van der Waals surface area (Å²) in [4.78, 5) is 1.32. The third kappa shape index (κ3) is 4.60. The van der Waals surface area contributed by atoms with Crippen LogP contribution in [-0.4, -0.2) is 6.54 Å². The summed E-state index contributed by atoms with van der Waals surface area (Å²) < 4.78 is 1.98. The molecule has 0 saturated heterocycles. The Bertz CT molecular complexity index is 509. The van der Waals surface area contributed by atoms with Crippen LogP contribution in [0.1, 0.15) is 29.8 Å². The van der Waals surface area contributed by atoms with E-state index in [-0.39, 0.29) is 0 Å². The second kappa shape index (κ2) is 7.44. The van der Waals surface area contributed by atoms with E-state index >= 15 is 0 Å². The van der Waals surface area contributed by atoms with Gasteiger partial charge in [0.1, 0.15) is 0 Å². The molecule has 0 aliphatic carbocycles. The molecule has 0 amide bonds. The van der Waals surface area contributed by atoms with Gasteiger partial charge in [-0.15, -0.1) is 11.3 Å². The Morgan fingerprint density at radius 2 is 1.95 bits per heavy atom. The van der Waals surface area contributed by atoms with Crippen molar-refractivity contribution < 1.29 is 0 Å². The van der Waals surface area contributed by atoms with Gasteiger partial charge < -0.3 is 5.32 Å². The molecule has 1 N–H and O–H groups in total. The lowest BCUT2D eigenvalue weighted by atomic mass is 10.0. The number of rotatable bonds is 6. The molecule has 0 aliphatic rings. The fourth-order valence-electron chi connectivity index (χ4n) is 1.98. The number of thiophene rings is 1. The van der Waals surface area contributed by atoms with E-state index in [0.29, 0.717) is 6.04 Å². The van der Waals surface area contributed by atoms with E-state index in [0.717, 1.165) is 28.2 Å². The monoisotopic (exact) mass is 357 g/mol. The van der Waals surface area contributed by atoms with Crippen molar-refractivity contribution >= 4 is 38.9 Å². The van der Waals surface area contributed by atoms with Crippen molar-refractivity contribution in [3.8, 4) is 0 Å². The minimum atomic E-state index is 0.350. The summed E-state index contributed by atoms with van der Waals surface area (Å²) in [5.41, 5.74) is 1.32. The van der Waals surface area contributed by atoms with Gasteiger partial charge in [0, 0.05) is 21.8 Å². The molecule has 0 fully saturated rings. The van der Waals surface area contributed by atoms with Gasteiger partial charge in [-0.25, -0.2) is 0 Å². The van der Waals surface area contributed by atoms with E-state index < -0.39 is 0 Å². The Kier molecular flexibility index (Phi) is 5.89. The van der Waals surface area contributed by atoms with E-state index in [1.165, 1.54) is 10.4 Å². The molecule has 1 heterocycles. The Balaban J connectivity index is 2.13. The van der Waals surface area contributed by atoms with Crippen LogP contribution in [0, 0.1) is 0 Å². The van der Waals surface area contributed by atoms with Crippen molar-refractivity contribution in [3.05, 3.63) is 55.6 Å². The predicted octanol–water partition coefficient (Wildman–Crippen LogP) is 5.45. The van der Waals surface area contributed by atoms with Crippen LogP contribution < -0.4 is 5.32 Å². The second-order valence-electron chi connectivity index (χ2n) is 4.47. The quantitative estimate of drug-likeness (QED) is 0.724. The Labute approximate surface area is 132 Å². The zero-order valence-electron chi connectivity index (χ0n) is 10.8. The van der Waals surface area contributed by atoms with Crippen molar-refractivity contribution in [2.75, 3.05) is 6.54 Å². The molecule has 19 heavy (non-hydrogen) atoms. The molecule has 1 atom stereocenters. The van der Waals surface area contributed by atoms with Crippen LogP contribution in [0.3, 0.4) is 0 Å². The largest absolute Gasteiger partial charge is 0.310 e. The highest BCUT2D eigenvalue weighted by molar-refractivity contribution is 9.10. The van der Waals surface area contributed by atoms with Crippen molar-refractivity contribution in [1.82, 2.24) is 5.32 Å². The van der Waals surface area contributed by atoms with Gasteiger partial charge in [0.2, 0.25) is 0 Å². The minimum absolute atomic E-state index is 0.350. The standard InChI is InChI=1S/C15H17BrClNS/c1-2-9-18-14(10-13-7-8-15(17)19-13)11-3-5-12(16)6-4-11/h3-8,14,18H,2,9-10H2,1H3. The van der Waals surface area contributed by atoms with Gasteiger partial charge in [-0.1, -0.05) is 46.6 Å². The summed E-state index contributed by atoms with van der Waals surface area (Å²) in [5.74, 6) is 0. The van der Waals surface area contributed by atoms with Crippen LogP contribution in [-0.2, 0) is 6.42 Å². The van der Waals surface area contributed by atoms with E-state index in [1.54, 1.807) is 11.3 Å². The van der Waals surface area contributed by atoms with Crippen LogP contribution in [0.5, 0.6) is 0 Å². The minimum Gasteiger partial charge on any atom is -0.310 e. The average Bonchev–Trinajstić information content (AvgIpc) is 2.81. The molecule has 1 nitrogen and oxygen atoms in total. The van der Waals surface area contributed by atoms with E-state index in [2.05, 4.69) is 58.5 Å². The lowest BCUT2D eigenvalue weighted by Gasteiger charge is -2.18. The fraction of sp³-hybridized carbons (Fsp3) is 0.333. The van der Waals surface area contributed by atoms with E-state index in [1.807, 2.05) is 6.07 Å². The van der Waals surface area contributed by atoms with Crippen LogP contribution in [0.15, 0.2) is 40.9 Å². The van der Waals surface area contributed by atoms with Gasteiger partial charge >= 0.3 is 0 Å². The number of benzene rings is 1. The van der Waals surface area contributed by atoms with Gasteiger partial charge in [0.15, 0.2) is 0 Å². The molecule has 0 bridgehead atoms. The molecular formula is C15H17BrClNS. The van der Waals surface area contributed by atoms with Crippen LogP contribution in [0.2, 0.25) is 4.34 Å². The maximum absolute atomic E-state index is 6.01. The van der Waals surface area contributed by atoms with Gasteiger partial charge in [-0.05, 0) is 42.8 Å². The smallest absolute Gasteiger partial charge is 0.0931 e. The maximum Gasteiger partial charge on any atom is 0.0931 e. The molecular weight excluding hydrogens is 342 g/mol. The first kappa shape index (κ1) is 15.0. The molecule has 0 aliphatic heterocycles. The molecule has 1 aromatic heterocycles. The second-order valence-corrected chi connectivity index (χ2v) is 7.18. The molecule has 102 valence electrons. The Morgan fingerprint density at radius 1 is 1.21 bits per heavy atom. The maximum atomic E-state index is 6.01. The van der Waals surface area contributed by atoms with Crippen molar-refractivity contribution in [2.24, 2.45) is 0 Å². The first-order chi connectivity index (χ1) is 9.19. The molecule has 4 heteroatoms. The molecule has 0 radical (unpaired) electrons. The molecule has 1 unspecified atom stereocenters. The van der Waals surface area contributed by atoms with Crippen molar-refractivity contribution in [3.63, 3.8) is 0 Å². The summed E-state index contributed by atoms with van der Waals surface area (Å²) in [5, 5.41) is 3.61. The molecule has 1 aromatic carbocycles. The van der Waals surface area contributed by atoms with Crippen LogP contribution >= 0.6 is 38.9 Å². The highest BCUT2D eigenvalue weighted by Crippen LogP contribution is 2.27. The van der Waals surface area contributed by atoms with Gasteiger partial charge in [-0.2, -0.15) is 0 Å². The Hall–Kier alpha value is -0.350. The average molecular weight is 359 g/mol. The fourth-order valence-corrected chi connectivity index (χ4v) is 3.38. The van der Waals surface area contributed by atoms with Crippen molar-refractivity contribution in [1.29, 1.82) is 0 Å². The summed E-state index contributed by atoms with van der Waals surface area (Å²) in [6.45, 7) is 3.22. The predicted molar refractivity (Wildman–Crippen MR) is 88.2 cm³/mol. The lowest BCUT2D eigenvalue weighted by Crippen LogP contribution is -2.23. The molecule has 0 spiro atoms. The zero-order chi connectivity index (χ0) is 13.7. The number of halogens is 2. The highest BCUT2D eigenvalue weighted by atomic mass is 79.9. The van der Waals surface area contributed by atoms with E-state index in [9.17, 15) is 0 Å². The van der Waals surface area contributed by atoms with Gasteiger partial charge in [0.25, 0.3) is 0 Å². The first-order valence-corrected chi connectivity index (χ1v) is 8.41. The normalized spacial score (nSPS) is 12.6. The third-order valence-electron chi connectivity index (χ3n) is 2.95. The van der Waals surface area contributed by atoms with Crippen LogP contribution in [0.25, 0.3) is 0 Å². The summed E-state index contributed by atoms with van der Waals surface area (Å²) in [6.07, 6.45) is 2.12. The van der Waals surface area contributed by atoms with E-state index in [4.69, 9.17) is 11.6 Å². The first-order valence-electron chi connectivity index (χ1n) is 6.42. The topological polar surface area (TPSA) is 12.0 Å². The third-order valence-corrected chi connectivity index (χ3v) is 4.73. The lowest BCUT2D eigenvalue weighted by molar-refractivity contribution is 0.532. The highest BCUT2D eigenvalue weighted by Gasteiger charge is 2.12. The summed E-state index contributed by atoms with van der Waals surface area (Å²) in [7, 11) is 0. The molecule has 2 rings (SSSR count). The summed E-state index contributed by atoms with van der Waals surface area (Å²) in [6, 6.07) is 13.0.